The third-order valence-electron chi connectivity index (χ3n) is 3.06. The minimum absolute atomic E-state index is 0.107. The Morgan fingerprint density at radius 3 is 2.61 bits per heavy atom. The Morgan fingerprint density at radius 2 is 2.11 bits per heavy atom. The van der Waals surface area contributed by atoms with Gasteiger partial charge < -0.3 is 4.90 Å². The Bertz CT molecular complexity index is 422. The fourth-order valence-corrected chi connectivity index (χ4v) is 1.92. The average molecular weight is 316 g/mol. The van der Waals surface area contributed by atoms with Gasteiger partial charge in [0.05, 0.1) is 4.47 Å². The van der Waals surface area contributed by atoms with Crippen LogP contribution in [0.25, 0.3) is 0 Å². The first-order valence-corrected chi connectivity index (χ1v) is 7.03. The van der Waals surface area contributed by atoms with Crippen molar-refractivity contribution in [3.8, 4) is 0 Å². The van der Waals surface area contributed by atoms with Gasteiger partial charge in [-0.25, -0.2) is 4.39 Å². The lowest BCUT2D eigenvalue weighted by atomic mass is 10.1. The third-order valence-corrected chi connectivity index (χ3v) is 3.71. The fraction of sp³-hybridized carbons (Fsp3) is 0.500. The van der Waals surface area contributed by atoms with Crippen LogP contribution in [0.5, 0.6) is 0 Å². The molecule has 0 aliphatic carbocycles. The highest BCUT2D eigenvalue weighted by molar-refractivity contribution is 9.10. The van der Waals surface area contributed by atoms with Crippen molar-refractivity contribution in [1.29, 1.82) is 0 Å². The van der Waals surface area contributed by atoms with Crippen LogP contribution in [0.4, 0.5) is 4.39 Å². The summed E-state index contributed by atoms with van der Waals surface area (Å²) in [6, 6.07) is 4.50. The third kappa shape index (κ3) is 3.80. The number of benzene rings is 1. The molecule has 2 nitrogen and oxygen atoms in total. The molecule has 0 spiro atoms. The lowest BCUT2D eigenvalue weighted by molar-refractivity contribution is 0.0740. The minimum atomic E-state index is -0.402. The molecule has 18 heavy (non-hydrogen) atoms. The van der Waals surface area contributed by atoms with Crippen LogP contribution in [-0.2, 0) is 0 Å². The first-order chi connectivity index (χ1) is 8.49. The van der Waals surface area contributed by atoms with Gasteiger partial charge in [-0.05, 0) is 47.0 Å². The lowest BCUT2D eigenvalue weighted by Crippen LogP contribution is -2.34. The van der Waals surface area contributed by atoms with Gasteiger partial charge in [-0.2, -0.15) is 0 Å². The molecule has 100 valence electrons. The summed E-state index contributed by atoms with van der Waals surface area (Å²) in [6.45, 7) is 7.50. The Labute approximate surface area is 116 Å². The summed E-state index contributed by atoms with van der Waals surface area (Å²) in [5, 5.41) is 0. The summed E-state index contributed by atoms with van der Waals surface area (Å²) in [5.41, 5.74) is 0.404. The normalized spacial score (nSPS) is 12.3. The zero-order valence-electron chi connectivity index (χ0n) is 11.0. The molecule has 0 saturated carbocycles. The highest BCUT2D eigenvalue weighted by atomic mass is 79.9. The summed E-state index contributed by atoms with van der Waals surface area (Å²) in [7, 11) is 0. The number of carbonyl (C=O) groups is 1. The van der Waals surface area contributed by atoms with Crippen LogP contribution in [0.3, 0.4) is 0 Å². The van der Waals surface area contributed by atoms with Crippen LogP contribution in [0.15, 0.2) is 22.7 Å². The second-order valence-corrected chi connectivity index (χ2v) is 5.34. The van der Waals surface area contributed by atoms with Gasteiger partial charge in [0, 0.05) is 18.7 Å². The smallest absolute Gasteiger partial charge is 0.253 e. The molecule has 0 bridgehead atoms. The predicted octanol–water partition coefficient (Wildman–Crippen LogP) is 4.10. The molecule has 1 rings (SSSR count). The van der Waals surface area contributed by atoms with E-state index in [0.29, 0.717) is 29.0 Å². The average Bonchev–Trinajstić information content (AvgIpc) is 2.38. The van der Waals surface area contributed by atoms with E-state index in [-0.39, 0.29) is 5.91 Å². The number of carbonyl (C=O) groups excluding carboxylic acids is 1. The van der Waals surface area contributed by atoms with Crippen molar-refractivity contribution < 1.29 is 9.18 Å². The van der Waals surface area contributed by atoms with Crippen LogP contribution < -0.4 is 0 Å². The first-order valence-electron chi connectivity index (χ1n) is 6.23. The van der Waals surface area contributed by atoms with Crippen LogP contribution in [0.1, 0.15) is 37.6 Å². The highest BCUT2D eigenvalue weighted by Crippen LogP contribution is 2.18. The van der Waals surface area contributed by atoms with Gasteiger partial charge in [0.1, 0.15) is 5.82 Å². The van der Waals surface area contributed by atoms with Gasteiger partial charge in [0.15, 0.2) is 0 Å². The van der Waals surface area contributed by atoms with Crippen LogP contribution in [0.2, 0.25) is 0 Å². The molecule has 1 aromatic rings. The topological polar surface area (TPSA) is 20.3 Å². The number of hydrogen-bond acceptors (Lipinski definition) is 1. The van der Waals surface area contributed by atoms with Crippen LogP contribution in [0, 0.1) is 11.7 Å². The van der Waals surface area contributed by atoms with Crippen molar-refractivity contribution in [3.63, 3.8) is 0 Å². The summed E-state index contributed by atoms with van der Waals surface area (Å²) < 4.78 is 13.8. The number of halogens is 2. The van der Waals surface area contributed by atoms with Crippen molar-refractivity contribution in [2.75, 3.05) is 13.1 Å². The quantitative estimate of drug-likeness (QED) is 0.801. The molecular weight excluding hydrogens is 297 g/mol. The molecule has 0 N–H and O–H groups in total. The molecule has 0 saturated heterocycles. The summed E-state index contributed by atoms with van der Waals surface area (Å²) >= 11 is 3.08. The standard InChI is InChI=1S/C14H19BrFNO/c1-4-10(3)9-17(5-2)14(18)11-6-7-12(15)13(16)8-11/h6-8,10H,4-5,9H2,1-3H3. The molecule has 4 heteroatoms. The van der Waals surface area contributed by atoms with Crippen LogP contribution in [-0.4, -0.2) is 23.9 Å². The molecule has 1 atom stereocenters. The van der Waals surface area contributed by atoms with E-state index in [1.807, 2.05) is 6.92 Å². The van der Waals surface area contributed by atoms with E-state index >= 15 is 0 Å². The number of amides is 1. The van der Waals surface area contributed by atoms with Crippen molar-refractivity contribution in [2.45, 2.75) is 27.2 Å². The van der Waals surface area contributed by atoms with E-state index in [2.05, 4.69) is 29.8 Å². The fourth-order valence-electron chi connectivity index (χ4n) is 1.67. The van der Waals surface area contributed by atoms with Crippen molar-refractivity contribution in [3.05, 3.63) is 34.1 Å². The Kier molecular flexibility index (Phi) is 5.79. The molecular formula is C14H19BrFNO. The predicted molar refractivity (Wildman–Crippen MR) is 75.1 cm³/mol. The monoisotopic (exact) mass is 315 g/mol. The lowest BCUT2D eigenvalue weighted by Gasteiger charge is -2.24. The van der Waals surface area contributed by atoms with Crippen molar-refractivity contribution in [1.82, 2.24) is 4.90 Å². The van der Waals surface area contributed by atoms with E-state index in [9.17, 15) is 9.18 Å². The van der Waals surface area contributed by atoms with Gasteiger partial charge in [0.25, 0.3) is 5.91 Å². The van der Waals surface area contributed by atoms with E-state index < -0.39 is 5.82 Å². The summed E-state index contributed by atoms with van der Waals surface area (Å²) in [6.07, 6.45) is 1.03. The number of nitrogens with zero attached hydrogens (tertiary/aromatic N) is 1. The molecule has 0 aliphatic heterocycles. The summed E-state index contributed by atoms with van der Waals surface area (Å²) in [5.74, 6) is -0.0566. The number of hydrogen-bond donors (Lipinski definition) is 0. The zero-order chi connectivity index (χ0) is 13.7. The second kappa shape index (κ2) is 6.88. The molecule has 0 aliphatic rings. The van der Waals surface area contributed by atoms with Gasteiger partial charge in [-0.3, -0.25) is 4.79 Å². The van der Waals surface area contributed by atoms with E-state index in [1.165, 1.54) is 6.07 Å². The molecule has 1 unspecified atom stereocenters. The number of rotatable bonds is 5. The largest absolute Gasteiger partial charge is 0.339 e. The van der Waals surface area contributed by atoms with Crippen molar-refractivity contribution in [2.24, 2.45) is 5.92 Å². The maximum Gasteiger partial charge on any atom is 0.253 e. The minimum Gasteiger partial charge on any atom is -0.339 e. The maximum atomic E-state index is 13.4. The van der Waals surface area contributed by atoms with E-state index in [4.69, 9.17) is 0 Å². The Morgan fingerprint density at radius 1 is 1.44 bits per heavy atom. The van der Waals surface area contributed by atoms with E-state index in [1.54, 1.807) is 17.0 Å². The highest BCUT2D eigenvalue weighted by Gasteiger charge is 2.17. The molecule has 0 radical (unpaired) electrons. The van der Waals surface area contributed by atoms with Gasteiger partial charge in [-0.15, -0.1) is 0 Å². The van der Waals surface area contributed by atoms with Crippen molar-refractivity contribution >= 4 is 21.8 Å². The van der Waals surface area contributed by atoms with E-state index in [0.717, 1.165) is 6.42 Å². The zero-order valence-corrected chi connectivity index (χ0v) is 12.6. The molecule has 1 aromatic carbocycles. The van der Waals surface area contributed by atoms with Gasteiger partial charge in [-0.1, -0.05) is 20.3 Å². The Hall–Kier alpha value is -0.900. The first kappa shape index (κ1) is 15.2. The second-order valence-electron chi connectivity index (χ2n) is 4.49. The van der Waals surface area contributed by atoms with Crippen LogP contribution >= 0.6 is 15.9 Å². The SMILES string of the molecule is CCC(C)CN(CC)C(=O)c1ccc(Br)c(F)c1. The van der Waals surface area contributed by atoms with Gasteiger partial charge >= 0.3 is 0 Å². The summed E-state index contributed by atoms with van der Waals surface area (Å²) in [4.78, 5) is 14.0. The molecule has 0 fully saturated rings. The molecule has 1 amide bonds. The molecule has 0 heterocycles. The maximum absolute atomic E-state index is 13.4. The molecule has 0 aromatic heterocycles. The Balaban J connectivity index is 2.86. The van der Waals surface area contributed by atoms with Gasteiger partial charge in [0.2, 0.25) is 0 Å².